The molecule has 0 aromatic carbocycles. The van der Waals surface area contributed by atoms with Gasteiger partial charge in [-0.1, -0.05) is 25.8 Å². The van der Waals surface area contributed by atoms with Crippen LogP contribution in [-0.2, 0) is 10.0 Å². The molecular formula is C12H22ClN3O3S. The summed E-state index contributed by atoms with van der Waals surface area (Å²) in [6.07, 6.45) is 3.07. The van der Waals surface area contributed by atoms with E-state index in [0.717, 1.165) is 12.8 Å². The maximum atomic E-state index is 11.8. The first kappa shape index (κ1) is 19.3. The highest BCUT2D eigenvalue weighted by atomic mass is 35.5. The summed E-state index contributed by atoms with van der Waals surface area (Å²) in [5.41, 5.74) is 5.77. The molecule has 0 spiro atoms. The molecule has 4 N–H and O–H groups in total. The van der Waals surface area contributed by atoms with Crippen molar-refractivity contribution in [2.45, 2.75) is 43.4 Å². The van der Waals surface area contributed by atoms with Crippen LogP contribution in [0.15, 0.2) is 29.4 Å². The lowest BCUT2D eigenvalue weighted by Crippen LogP contribution is -2.43. The first-order chi connectivity index (χ1) is 8.97. The van der Waals surface area contributed by atoms with E-state index in [1.54, 1.807) is 12.1 Å². The van der Waals surface area contributed by atoms with Crippen LogP contribution in [0.25, 0.3) is 0 Å². The van der Waals surface area contributed by atoms with Crippen LogP contribution < -0.4 is 10.5 Å². The first-order valence-corrected chi connectivity index (χ1v) is 7.80. The van der Waals surface area contributed by atoms with E-state index < -0.39 is 22.2 Å². The van der Waals surface area contributed by atoms with Crippen LogP contribution in [0.4, 0.5) is 0 Å². The number of pyridine rings is 1. The number of sulfonamides is 1. The largest absolute Gasteiger partial charge is 0.390 e. The molecule has 6 nitrogen and oxygen atoms in total. The number of hydrogen-bond donors (Lipinski definition) is 3. The van der Waals surface area contributed by atoms with Gasteiger partial charge in [0.1, 0.15) is 0 Å². The maximum absolute atomic E-state index is 11.8. The molecule has 1 aromatic heterocycles. The molecule has 8 heteroatoms. The molecule has 1 rings (SSSR count). The molecule has 1 aromatic rings. The van der Waals surface area contributed by atoms with Crippen LogP contribution in [0, 0.1) is 0 Å². The Morgan fingerprint density at radius 3 is 2.70 bits per heavy atom. The Bertz CT molecular complexity index is 470. The van der Waals surface area contributed by atoms with Gasteiger partial charge in [-0.15, -0.1) is 12.4 Å². The molecule has 2 atom stereocenters. The Balaban J connectivity index is 0.00000361. The lowest BCUT2D eigenvalue weighted by Gasteiger charge is -2.18. The summed E-state index contributed by atoms with van der Waals surface area (Å²) < 4.78 is 26.0. The summed E-state index contributed by atoms with van der Waals surface area (Å²) >= 11 is 0. The summed E-state index contributed by atoms with van der Waals surface area (Å²) in [6.45, 7) is 1.92. The Morgan fingerprint density at radius 1 is 1.45 bits per heavy atom. The Hall–Kier alpha value is -0.730. The average molecular weight is 324 g/mol. The van der Waals surface area contributed by atoms with E-state index in [4.69, 9.17) is 5.73 Å². The summed E-state index contributed by atoms with van der Waals surface area (Å²) in [5, 5.41) is 9.72. The lowest BCUT2D eigenvalue weighted by molar-refractivity contribution is 0.143. The number of hydrogen-bond acceptors (Lipinski definition) is 5. The molecule has 0 bridgehead atoms. The minimum absolute atomic E-state index is 0. The summed E-state index contributed by atoms with van der Waals surface area (Å²) in [4.78, 5) is 3.76. The van der Waals surface area contributed by atoms with Gasteiger partial charge in [0.15, 0.2) is 5.03 Å². The summed E-state index contributed by atoms with van der Waals surface area (Å²) in [5.74, 6) is 0. The van der Waals surface area contributed by atoms with Crippen LogP contribution >= 0.6 is 12.4 Å². The van der Waals surface area contributed by atoms with Gasteiger partial charge in [0.05, 0.1) is 6.10 Å². The van der Waals surface area contributed by atoms with E-state index in [1.165, 1.54) is 12.3 Å². The van der Waals surface area contributed by atoms with Gasteiger partial charge in [-0.05, 0) is 18.6 Å². The van der Waals surface area contributed by atoms with Crippen molar-refractivity contribution in [3.8, 4) is 0 Å². The Labute approximate surface area is 126 Å². The van der Waals surface area contributed by atoms with Crippen molar-refractivity contribution in [1.29, 1.82) is 0 Å². The number of aromatic nitrogens is 1. The monoisotopic (exact) mass is 323 g/mol. The van der Waals surface area contributed by atoms with Gasteiger partial charge in [0.2, 0.25) is 0 Å². The van der Waals surface area contributed by atoms with E-state index in [0.29, 0.717) is 6.42 Å². The van der Waals surface area contributed by atoms with Gasteiger partial charge in [0, 0.05) is 18.8 Å². The topological polar surface area (TPSA) is 105 Å². The standard InChI is InChI=1S/C12H21N3O3S.ClH/c1-2-3-6-10(13)11(16)9-15-19(17,18)12-7-4-5-8-14-12;/h4-5,7-8,10-11,15-16H,2-3,6,9,13H2,1H3;1H. The SMILES string of the molecule is CCCCC(N)C(O)CNS(=O)(=O)c1ccccn1.Cl. The molecule has 0 amide bonds. The molecule has 0 saturated heterocycles. The van der Waals surface area contributed by atoms with Gasteiger partial charge in [-0.3, -0.25) is 0 Å². The summed E-state index contributed by atoms with van der Waals surface area (Å²) in [6, 6.07) is 4.19. The second-order valence-electron chi connectivity index (χ2n) is 4.39. The zero-order valence-corrected chi connectivity index (χ0v) is 13.0. The number of unbranched alkanes of at least 4 members (excludes halogenated alkanes) is 1. The summed E-state index contributed by atoms with van der Waals surface area (Å²) in [7, 11) is -3.69. The van der Waals surface area contributed by atoms with Crippen LogP contribution in [0.3, 0.4) is 0 Å². The number of halogens is 1. The maximum Gasteiger partial charge on any atom is 0.258 e. The quantitative estimate of drug-likeness (QED) is 0.651. The molecule has 0 saturated carbocycles. The molecular weight excluding hydrogens is 302 g/mol. The van der Waals surface area contributed by atoms with Crippen LogP contribution in [0.2, 0.25) is 0 Å². The third-order valence-corrected chi connectivity index (χ3v) is 4.12. The van der Waals surface area contributed by atoms with Gasteiger partial charge >= 0.3 is 0 Å². The highest BCUT2D eigenvalue weighted by Crippen LogP contribution is 2.05. The van der Waals surface area contributed by atoms with Crippen molar-refractivity contribution < 1.29 is 13.5 Å². The zero-order valence-electron chi connectivity index (χ0n) is 11.4. The minimum atomic E-state index is -3.69. The smallest absolute Gasteiger partial charge is 0.258 e. The van der Waals surface area contributed by atoms with Gasteiger partial charge in [-0.2, -0.15) is 0 Å². The molecule has 116 valence electrons. The Kier molecular flexibility index (Phi) is 8.91. The van der Waals surface area contributed by atoms with Crippen LogP contribution in [0.1, 0.15) is 26.2 Å². The van der Waals surface area contributed by atoms with E-state index in [1.807, 2.05) is 6.92 Å². The highest BCUT2D eigenvalue weighted by Gasteiger charge is 2.19. The van der Waals surface area contributed by atoms with Gasteiger partial charge in [-0.25, -0.2) is 18.1 Å². The van der Waals surface area contributed by atoms with Crippen molar-refractivity contribution >= 4 is 22.4 Å². The fourth-order valence-electron chi connectivity index (χ4n) is 1.56. The fraction of sp³-hybridized carbons (Fsp3) is 0.583. The number of nitrogens with one attached hydrogen (secondary N) is 1. The third-order valence-electron chi connectivity index (χ3n) is 2.78. The predicted octanol–water partition coefficient (Wildman–Crippen LogP) is 0.660. The molecule has 0 aliphatic rings. The second kappa shape index (κ2) is 9.25. The Morgan fingerprint density at radius 2 is 2.15 bits per heavy atom. The van der Waals surface area contributed by atoms with E-state index in [2.05, 4.69) is 9.71 Å². The van der Waals surface area contributed by atoms with Crippen molar-refractivity contribution in [1.82, 2.24) is 9.71 Å². The normalized spacial score (nSPS) is 14.3. The molecule has 0 radical (unpaired) electrons. The number of nitrogens with zero attached hydrogens (tertiary/aromatic N) is 1. The molecule has 20 heavy (non-hydrogen) atoms. The molecule has 0 aliphatic carbocycles. The number of rotatable bonds is 8. The van der Waals surface area contributed by atoms with Crippen molar-refractivity contribution in [3.63, 3.8) is 0 Å². The fourth-order valence-corrected chi connectivity index (χ4v) is 2.55. The second-order valence-corrected chi connectivity index (χ2v) is 6.11. The molecule has 1 heterocycles. The lowest BCUT2D eigenvalue weighted by atomic mass is 10.1. The van der Waals surface area contributed by atoms with E-state index in [-0.39, 0.29) is 24.0 Å². The molecule has 2 unspecified atom stereocenters. The average Bonchev–Trinajstić information content (AvgIpc) is 2.43. The molecule has 0 fully saturated rings. The van der Waals surface area contributed by atoms with Gasteiger partial charge in [0.25, 0.3) is 10.0 Å². The van der Waals surface area contributed by atoms with Crippen molar-refractivity contribution in [2.24, 2.45) is 5.73 Å². The third kappa shape index (κ3) is 6.15. The van der Waals surface area contributed by atoms with Crippen molar-refractivity contribution in [2.75, 3.05) is 6.54 Å². The highest BCUT2D eigenvalue weighted by molar-refractivity contribution is 7.89. The number of aliphatic hydroxyl groups excluding tert-OH is 1. The number of aliphatic hydroxyl groups is 1. The van der Waals surface area contributed by atoms with Gasteiger partial charge < -0.3 is 10.8 Å². The number of nitrogens with two attached hydrogens (primary N) is 1. The van der Waals surface area contributed by atoms with E-state index >= 15 is 0 Å². The van der Waals surface area contributed by atoms with Crippen LogP contribution in [-0.4, -0.2) is 37.2 Å². The van der Waals surface area contributed by atoms with E-state index in [9.17, 15) is 13.5 Å². The molecule has 0 aliphatic heterocycles. The van der Waals surface area contributed by atoms with Crippen LogP contribution in [0.5, 0.6) is 0 Å². The van der Waals surface area contributed by atoms with Crippen molar-refractivity contribution in [3.05, 3.63) is 24.4 Å². The zero-order chi connectivity index (χ0) is 14.3. The first-order valence-electron chi connectivity index (χ1n) is 6.31. The predicted molar refractivity (Wildman–Crippen MR) is 80.2 cm³/mol. The minimum Gasteiger partial charge on any atom is -0.390 e.